The Morgan fingerprint density at radius 1 is 0.974 bits per heavy atom. The third-order valence-electron chi connectivity index (χ3n) is 6.94. The van der Waals surface area contributed by atoms with Crippen molar-refractivity contribution in [3.63, 3.8) is 0 Å². The molecule has 196 valence electrons. The number of hydrogen-bond acceptors (Lipinski definition) is 5. The van der Waals surface area contributed by atoms with Crippen LogP contribution in [0.25, 0.3) is 11.3 Å². The molecule has 3 aromatic carbocycles. The monoisotopic (exact) mass is 517 g/mol. The molecule has 0 aromatic heterocycles. The molecule has 5 rings (SSSR count). The fourth-order valence-corrected chi connectivity index (χ4v) is 4.68. The Hall–Kier alpha value is -4.08. The zero-order valence-electron chi connectivity index (χ0n) is 21.3. The van der Waals surface area contributed by atoms with Crippen LogP contribution in [0, 0.1) is 11.6 Å². The molecule has 2 amide bonds. The summed E-state index contributed by atoms with van der Waals surface area (Å²) in [7, 11) is 3.83. The molecular formula is C29H29F2N5O2. The van der Waals surface area contributed by atoms with Gasteiger partial charge in [0.05, 0.1) is 23.5 Å². The van der Waals surface area contributed by atoms with E-state index in [9.17, 15) is 18.4 Å². The highest BCUT2D eigenvalue weighted by Crippen LogP contribution is 2.38. The highest BCUT2D eigenvalue weighted by Gasteiger charge is 2.29. The maximum atomic E-state index is 14.2. The molecule has 2 aliphatic heterocycles. The molecule has 0 bridgehead atoms. The molecular weight excluding hydrogens is 488 g/mol. The second-order valence-electron chi connectivity index (χ2n) is 9.61. The van der Waals surface area contributed by atoms with E-state index in [1.165, 1.54) is 30.3 Å². The van der Waals surface area contributed by atoms with Gasteiger partial charge in [0.15, 0.2) is 0 Å². The van der Waals surface area contributed by atoms with Gasteiger partial charge in [0.2, 0.25) is 5.91 Å². The molecule has 0 radical (unpaired) electrons. The molecule has 1 saturated heterocycles. The van der Waals surface area contributed by atoms with Crippen LogP contribution in [0.1, 0.15) is 11.1 Å². The van der Waals surface area contributed by atoms with Crippen LogP contribution in [0.4, 0.5) is 25.8 Å². The number of halogens is 2. The van der Waals surface area contributed by atoms with Crippen molar-refractivity contribution in [2.75, 3.05) is 62.4 Å². The first-order chi connectivity index (χ1) is 18.3. The molecule has 7 nitrogen and oxygen atoms in total. The van der Waals surface area contributed by atoms with Crippen LogP contribution >= 0.6 is 0 Å². The number of fused-ring (bicyclic) bond motifs is 1. The van der Waals surface area contributed by atoms with Gasteiger partial charge in [0.25, 0.3) is 5.91 Å². The zero-order chi connectivity index (χ0) is 26.8. The maximum absolute atomic E-state index is 14.2. The number of carbonyl (C=O) groups excluding carboxylic acids is 2. The van der Waals surface area contributed by atoms with Crippen LogP contribution in [0.2, 0.25) is 0 Å². The van der Waals surface area contributed by atoms with Crippen molar-refractivity contribution in [1.29, 1.82) is 0 Å². The Morgan fingerprint density at radius 2 is 1.68 bits per heavy atom. The average molecular weight is 518 g/mol. The summed E-state index contributed by atoms with van der Waals surface area (Å²) in [5, 5.41) is 5.95. The second kappa shape index (κ2) is 10.7. The predicted octanol–water partition coefficient (Wildman–Crippen LogP) is 4.11. The van der Waals surface area contributed by atoms with E-state index in [1.807, 2.05) is 12.1 Å². The number of piperazine rings is 1. The molecule has 0 unspecified atom stereocenters. The van der Waals surface area contributed by atoms with E-state index in [2.05, 4.69) is 27.5 Å². The van der Waals surface area contributed by atoms with Crippen molar-refractivity contribution in [2.24, 2.45) is 0 Å². The third kappa shape index (κ3) is 5.44. The van der Waals surface area contributed by atoms with Gasteiger partial charge >= 0.3 is 0 Å². The number of benzene rings is 3. The van der Waals surface area contributed by atoms with E-state index in [-0.39, 0.29) is 11.5 Å². The van der Waals surface area contributed by atoms with Crippen LogP contribution in [0.5, 0.6) is 0 Å². The lowest BCUT2D eigenvalue weighted by molar-refractivity contribution is -0.119. The van der Waals surface area contributed by atoms with Crippen molar-refractivity contribution in [3.05, 3.63) is 89.5 Å². The quantitative estimate of drug-likeness (QED) is 0.482. The fraction of sp³-hybridized carbons (Fsp3) is 0.241. The average Bonchev–Trinajstić information content (AvgIpc) is 3.22. The summed E-state index contributed by atoms with van der Waals surface area (Å²) in [5.74, 6) is -1.32. The second-order valence-corrected chi connectivity index (χ2v) is 9.61. The third-order valence-corrected chi connectivity index (χ3v) is 6.94. The van der Waals surface area contributed by atoms with Gasteiger partial charge in [0.1, 0.15) is 11.6 Å². The Morgan fingerprint density at radius 3 is 2.39 bits per heavy atom. The fourth-order valence-electron chi connectivity index (χ4n) is 4.68. The SMILES string of the molecule is CN1CCN(CC(=O)N(C)c2ccc(NC(=C3C(=O)Nc4cc(F)ccc43)c3cccc(F)c3)cc2)CC1. The summed E-state index contributed by atoms with van der Waals surface area (Å²) in [6, 6.07) is 17.2. The highest BCUT2D eigenvalue weighted by atomic mass is 19.1. The normalized spacial score (nSPS) is 17.1. The van der Waals surface area contributed by atoms with Gasteiger partial charge in [-0.25, -0.2) is 8.78 Å². The summed E-state index contributed by atoms with van der Waals surface area (Å²) in [4.78, 5) is 31.9. The molecule has 0 saturated carbocycles. The maximum Gasteiger partial charge on any atom is 0.258 e. The van der Waals surface area contributed by atoms with Crippen molar-refractivity contribution >= 4 is 40.1 Å². The molecule has 9 heteroatoms. The minimum atomic E-state index is -0.465. The van der Waals surface area contributed by atoms with E-state index in [0.717, 1.165) is 31.9 Å². The number of likely N-dealkylation sites (N-methyl/N-ethyl adjacent to an activating group) is 2. The van der Waals surface area contributed by atoms with Gasteiger partial charge < -0.3 is 20.4 Å². The number of anilines is 3. The number of nitrogens with one attached hydrogen (secondary N) is 2. The minimum absolute atomic E-state index is 0.00398. The van der Waals surface area contributed by atoms with Gasteiger partial charge in [0, 0.05) is 55.7 Å². The van der Waals surface area contributed by atoms with Gasteiger partial charge in [-0.15, -0.1) is 0 Å². The van der Waals surface area contributed by atoms with Crippen LogP contribution in [-0.4, -0.2) is 68.4 Å². The Kier molecular flexibility index (Phi) is 7.22. The number of carbonyl (C=O) groups is 2. The van der Waals surface area contributed by atoms with E-state index in [4.69, 9.17) is 0 Å². The van der Waals surface area contributed by atoms with E-state index < -0.39 is 17.5 Å². The Balaban J connectivity index is 1.40. The van der Waals surface area contributed by atoms with Crippen molar-refractivity contribution in [1.82, 2.24) is 9.80 Å². The predicted molar refractivity (Wildman–Crippen MR) is 146 cm³/mol. The summed E-state index contributed by atoms with van der Waals surface area (Å²) in [6.45, 7) is 3.96. The van der Waals surface area contributed by atoms with E-state index in [0.29, 0.717) is 34.7 Å². The first kappa shape index (κ1) is 25.6. The van der Waals surface area contributed by atoms with Gasteiger partial charge in [-0.3, -0.25) is 14.5 Å². The lowest BCUT2D eigenvalue weighted by Crippen LogP contribution is -2.48. The van der Waals surface area contributed by atoms with Crippen molar-refractivity contribution in [2.45, 2.75) is 0 Å². The highest BCUT2D eigenvalue weighted by molar-refractivity contribution is 6.37. The first-order valence-electron chi connectivity index (χ1n) is 12.4. The summed E-state index contributed by atoms with van der Waals surface area (Å²) >= 11 is 0. The smallest absolute Gasteiger partial charge is 0.258 e. The Labute approximate surface area is 220 Å². The first-order valence-corrected chi connectivity index (χ1v) is 12.4. The van der Waals surface area contributed by atoms with E-state index >= 15 is 0 Å². The van der Waals surface area contributed by atoms with Gasteiger partial charge in [-0.1, -0.05) is 12.1 Å². The largest absolute Gasteiger partial charge is 0.354 e. The molecule has 2 heterocycles. The molecule has 0 spiro atoms. The van der Waals surface area contributed by atoms with Crippen molar-refractivity contribution in [3.8, 4) is 0 Å². The number of nitrogens with zero attached hydrogens (tertiary/aromatic N) is 3. The van der Waals surface area contributed by atoms with E-state index in [1.54, 1.807) is 36.2 Å². The lowest BCUT2D eigenvalue weighted by Gasteiger charge is -2.32. The van der Waals surface area contributed by atoms with Crippen LogP contribution in [0.15, 0.2) is 66.7 Å². The number of rotatable bonds is 6. The summed E-state index contributed by atoms with van der Waals surface area (Å²) in [6.07, 6.45) is 0. The standard InChI is InChI=1S/C29H29F2N5O2/c1-34-12-14-36(15-13-34)18-26(37)35(2)23-9-7-22(8-10-23)32-28(19-4-3-5-20(30)16-19)27-24-11-6-21(31)17-25(24)33-29(27)38/h3-11,16-17,32H,12-15,18H2,1-2H3,(H,33,38). The molecule has 1 fully saturated rings. The molecule has 2 N–H and O–H groups in total. The summed E-state index contributed by atoms with van der Waals surface area (Å²) in [5.41, 5.74) is 3.40. The van der Waals surface area contributed by atoms with Crippen molar-refractivity contribution < 1.29 is 18.4 Å². The molecule has 0 aliphatic carbocycles. The molecule has 0 atom stereocenters. The van der Waals surface area contributed by atoms with Gasteiger partial charge in [-0.2, -0.15) is 0 Å². The number of hydrogen-bond donors (Lipinski definition) is 2. The lowest BCUT2D eigenvalue weighted by atomic mass is 10.00. The molecule has 38 heavy (non-hydrogen) atoms. The molecule has 2 aliphatic rings. The van der Waals surface area contributed by atoms with Crippen LogP contribution in [0.3, 0.4) is 0 Å². The minimum Gasteiger partial charge on any atom is -0.354 e. The zero-order valence-corrected chi connectivity index (χ0v) is 21.3. The van der Waals surface area contributed by atoms with Gasteiger partial charge in [-0.05, 0) is 61.6 Å². The van der Waals surface area contributed by atoms with Crippen LogP contribution < -0.4 is 15.5 Å². The van der Waals surface area contributed by atoms with Crippen LogP contribution in [-0.2, 0) is 9.59 Å². The summed E-state index contributed by atoms with van der Waals surface area (Å²) < 4.78 is 27.9. The number of amides is 2. The topological polar surface area (TPSA) is 67.9 Å². The Bertz CT molecular complexity index is 1400. The molecule has 3 aromatic rings.